The Balaban J connectivity index is 1.63. The second-order valence-electron chi connectivity index (χ2n) is 9.73. The van der Waals surface area contributed by atoms with Gasteiger partial charge in [-0.1, -0.05) is 0 Å². The minimum Gasteiger partial charge on any atom is -0.387 e. The largest absolute Gasteiger partial charge is 0.387 e. The molecule has 3 N–H and O–H groups in total. The van der Waals surface area contributed by atoms with Crippen molar-refractivity contribution < 1.29 is 14.3 Å². The van der Waals surface area contributed by atoms with Crippen molar-refractivity contribution in [3.05, 3.63) is 47.8 Å². The molecule has 3 aromatic rings. The number of nitriles is 1. The van der Waals surface area contributed by atoms with E-state index in [-0.39, 0.29) is 24.2 Å². The van der Waals surface area contributed by atoms with Gasteiger partial charge in [-0.15, -0.1) is 0 Å². The van der Waals surface area contributed by atoms with Gasteiger partial charge in [0.15, 0.2) is 0 Å². The van der Waals surface area contributed by atoms with Crippen LogP contribution in [0.2, 0.25) is 0 Å². The van der Waals surface area contributed by atoms with Crippen molar-refractivity contribution in [3.8, 4) is 17.5 Å². The van der Waals surface area contributed by atoms with Crippen LogP contribution in [0.3, 0.4) is 0 Å². The zero-order valence-corrected chi connectivity index (χ0v) is 21.4. The number of thiocarbonyl (C=S) groups is 1. The number of pyridine rings is 1. The monoisotopic (exact) mass is 521 g/mol. The summed E-state index contributed by atoms with van der Waals surface area (Å²) in [7, 11) is 0. The van der Waals surface area contributed by atoms with Gasteiger partial charge >= 0.3 is 0 Å². The van der Waals surface area contributed by atoms with Crippen LogP contribution in [-0.4, -0.2) is 61.2 Å². The zero-order valence-electron chi connectivity index (χ0n) is 20.6. The number of amides is 1. The fraction of sp³-hybridized carbons (Fsp3) is 0.423. The molecule has 0 bridgehead atoms. The summed E-state index contributed by atoms with van der Waals surface area (Å²) in [5.74, 6) is -0.496. The first kappa shape index (κ1) is 26.4. The third kappa shape index (κ3) is 6.17. The number of fused-ring (bicyclic) bond motifs is 1. The van der Waals surface area contributed by atoms with Gasteiger partial charge in [-0.2, -0.15) is 10.4 Å². The van der Waals surface area contributed by atoms with Crippen molar-refractivity contribution in [1.82, 2.24) is 19.9 Å². The molecular formula is C26H28FN7O2S. The SMILES string of the molecule is CC(C)(O)C(F)CNC(=O)c1cnc(-c2ccc3cc(C#N)cnn23)cc1NC1CCC(N=C=S)CC1. The number of aromatic nitrogens is 3. The van der Waals surface area contributed by atoms with Crippen molar-refractivity contribution in [1.29, 1.82) is 5.26 Å². The van der Waals surface area contributed by atoms with Gasteiger partial charge in [0.25, 0.3) is 5.91 Å². The average Bonchev–Trinajstić information content (AvgIpc) is 3.31. The number of carbonyl (C=O) groups excluding carboxylic acids is 1. The summed E-state index contributed by atoms with van der Waals surface area (Å²) in [6, 6.07) is 9.54. The number of carbonyl (C=O) groups is 1. The van der Waals surface area contributed by atoms with E-state index < -0.39 is 17.7 Å². The van der Waals surface area contributed by atoms with Crippen LogP contribution in [-0.2, 0) is 0 Å². The fourth-order valence-electron chi connectivity index (χ4n) is 4.32. The van der Waals surface area contributed by atoms with Crippen LogP contribution in [0, 0.1) is 11.3 Å². The quantitative estimate of drug-likeness (QED) is 0.303. The van der Waals surface area contributed by atoms with Gasteiger partial charge < -0.3 is 15.7 Å². The molecule has 3 aromatic heterocycles. The molecular weight excluding hydrogens is 493 g/mol. The number of isothiocyanates is 1. The van der Waals surface area contributed by atoms with E-state index in [0.717, 1.165) is 31.2 Å². The van der Waals surface area contributed by atoms with Gasteiger partial charge in [0.2, 0.25) is 0 Å². The highest BCUT2D eigenvalue weighted by Gasteiger charge is 2.28. The highest BCUT2D eigenvalue weighted by atomic mass is 32.1. The molecule has 1 amide bonds. The maximum absolute atomic E-state index is 14.3. The summed E-state index contributed by atoms with van der Waals surface area (Å²) in [4.78, 5) is 21.7. The van der Waals surface area contributed by atoms with Crippen LogP contribution in [0.5, 0.6) is 0 Å². The number of halogens is 1. The number of hydrogen-bond acceptors (Lipinski definition) is 8. The maximum atomic E-state index is 14.3. The number of rotatable bonds is 8. The first-order chi connectivity index (χ1) is 17.7. The normalized spacial score (nSPS) is 18.5. The molecule has 4 rings (SSSR count). The number of alkyl halides is 1. The lowest BCUT2D eigenvalue weighted by molar-refractivity contribution is -0.00177. The van der Waals surface area contributed by atoms with E-state index in [0.29, 0.717) is 22.6 Å². The number of aliphatic imine (C=N–C) groups is 1. The summed E-state index contributed by atoms with van der Waals surface area (Å²) in [6.07, 6.45) is 4.68. The van der Waals surface area contributed by atoms with Crippen molar-refractivity contribution >= 4 is 34.5 Å². The molecule has 0 spiro atoms. The summed E-state index contributed by atoms with van der Waals surface area (Å²) in [6.45, 7) is 2.37. The maximum Gasteiger partial charge on any atom is 0.255 e. The van der Waals surface area contributed by atoms with Crippen LogP contribution in [0.1, 0.15) is 55.5 Å². The standard InChI is InChI=1S/C26H28FN7O2S/c1-26(2,36)24(27)14-30-25(35)20-13-29-22(23-8-7-19-9-16(11-28)12-32-34(19)23)10-21(20)33-18-5-3-17(4-6-18)31-15-37/h7-10,12-13,17-18,24,36H,3-6,14H2,1-2H3,(H,29,33)(H,30,35). The Kier molecular flexibility index (Phi) is 7.93. The predicted molar refractivity (Wildman–Crippen MR) is 141 cm³/mol. The smallest absolute Gasteiger partial charge is 0.255 e. The average molecular weight is 522 g/mol. The Bertz CT molecular complexity index is 1380. The summed E-state index contributed by atoms with van der Waals surface area (Å²) in [5, 5.41) is 31.9. The third-order valence-electron chi connectivity index (χ3n) is 6.54. The van der Waals surface area contributed by atoms with Crippen LogP contribution >= 0.6 is 12.2 Å². The Morgan fingerprint density at radius 2 is 2.08 bits per heavy atom. The number of nitrogens with zero attached hydrogens (tertiary/aromatic N) is 5. The number of nitrogens with one attached hydrogen (secondary N) is 2. The van der Waals surface area contributed by atoms with Crippen LogP contribution in [0.4, 0.5) is 10.1 Å². The molecule has 1 saturated carbocycles. The molecule has 9 nitrogen and oxygen atoms in total. The molecule has 0 aliphatic heterocycles. The molecule has 0 aromatic carbocycles. The highest BCUT2D eigenvalue weighted by Crippen LogP contribution is 2.29. The first-order valence-electron chi connectivity index (χ1n) is 12.1. The van der Waals surface area contributed by atoms with Gasteiger partial charge in [0.05, 0.1) is 63.3 Å². The number of hydrogen-bond donors (Lipinski definition) is 3. The topological polar surface area (TPSA) is 128 Å². The lowest BCUT2D eigenvalue weighted by atomic mass is 9.91. The second kappa shape index (κ2) is 11.1. The highest BCUT2D eigenvalue weighted by molar-refractivity contribution is 7.78. The number of aliphatic hydroxyl groups is 1. The summed E-state index contributed by atoms with van der Waals surface area (Å²) < 4.78 is 15.9. The molecule has 192 valence electrons. The van der Waals surface area contributed by atoms with Gasteiger partial charge in [-0.05, 0) is 76.0 Å². The van der Waals surface area contributed by atoms with Crippen molar-refractivity contribution in [3.63, 3.8) is 0 Å². The Morgan fingerprint density at radius 1 is 1.32 bits per heavy atom. The molecule has 0 saturated heterocycles. The lowest BCUT2D eigenvalue weighted by Crippen LogP contribution is -2.42. The van der Waals surface area contributed by atoms with E-state index in [1.54, 1.807) is 16.6 Å². The molecule has 1 unspecified atom stereocenters. The minimum absolute atomic E-state index is 0.101. The van der Waals surface area contributed by atoms with E-state index >= 15 is 0 Å². The van der Waals surface area contributed by atoms with E-state index in [1.807, 2.05) is 12.1 Å². The van der Waals surface area contributed by atoms with Gasteiger partial charge in [0.1, 0.15) is 12.2 Å². The van der Waals surface area contributed by atoms with Crippen molar-refractivity contribution in [2.45, 2.75) is 63.4 Å². The van der Waals surface area contributed by atoms with E-state index in [4.69, 9.17) is 17.5 Å². The van der Waals surface area contributed by atoms with Gasteiger partial charge in [-0.3, -0.25) is 9.78 Å². The predicted octanol–water partition coefficient (Wildman–Crippen LogP) is 3.93. The van der Waals surface area contributed by atoms with Crippen LogP contribution in [0.25, 0.3) is 16.9 Å². The first-order valence-corrected chi connectivity index (χ1v) is 12.5. The van der Waals surface area contributed by atoms with E-state index in [1.165, 1.54) is 26.2 Å². The Labute approximate surface area is 219 Å². The Hall–Kier alpha value is -3.71. The molecule has 37 heavy (non-hydrogen) atoms. The van der Waals surface area contributed by atoms with Crippen LogP contribution < -0.4 is 10.6 Å². The molecule has 1 fully saturated rings. The molecule has 11 heteroatoms. The zero-order chi connectivity index (χ0) is 26.6. The van der Waals surface area contributed by atoms with Gasteiger partial charge in [0, 0.05) is 12.2 Å². The van der Waals surface area contributed by atoms with Crippen molar-refractivity contribution in [2.75, 3.05) is 11.9 Å². The van der Waals surface area contributed by atoms with Gasteiger partial charge in [-0.25, -0.2) is 13.9 Å². The third-order valence-corrected chi connectivity index (χ3v) is 6.65. The summed E-state index contributed by atoms with van der Waals surface area (Å²) >= 11 is 4.73. The molecule has 1 aliphatic carbocycles. The van der Waals surface area contributed by atoms with Crippen molar-refractivity contribution in [2.24, 2.45) is 4.99 Å². The molecule has 3 heterocycles. The van der Waals surface area contributed by atoms with E-state index in [2.05, 4.69) is 36.9 Å². The summed E-state index contributed by atoms with van der Waals surface area (Å²) in [5.41, 5.74) is 1.72. The molecule has 1 atom stereocenters. The number of anilines is 1. The Morgan fingerprint density at radius 3 is 2.76 bits per heavy atom. The fourth-order valence-corrected chi connectivity index (χ4v) is 4.47. The molecule has 0 radical (unpaired) electrons. The lowest BCUT2D eigenvalue weighted by Gasteiger charge is -2.28. The minimum atomic E-state index is -1.63. The second-order valence-corrected chi connectivity index (χ2v) is 9.91. The van der Waals surface area contributed by atoms with E-state index in [9.17, 15) is 14.3 Å². The van der Waals surface area contributed by atoms with Crippen LogP contribution in [0.15, 0.2) is 41.7 Å². The molecule has 1 aliphatic rings.